The van der Waals surface area contributed by atoms with Gasteiger partial charge in [0.15, 0.2) is 0 Å². The largest absolute Gasteiger partial charge is 0.508 e. The summed E-state index contributed by atoms with van der Waals surface area (Å²) >= 11 is 0. The molecule has 0 amide bonds. The normalized spacial score (nSPS) is 11.5. The zero-order chi connectivity index (χ0) is 12.5. The van der Waals surface area contributed by atoms with Crippen LogP contribution < -0.4 is 0 Å². The number of hydrogen-bond acceptors (Lipinski definition) is 2. The number of halogens is 1. The fourth-order valence-electron chi connectivity index (χ4n) is 1.39. The number of aryl methyl sites for hydroxylation is 1. The third-order valence-electron chi connectivity index (χ3n) is 2.58. The predicted molar refractivity (Wildman–Crippen MR) is 57.9 cm³/mol. The van der Waals surface area contributed by atoms with Gasteiger partial charge in [0.2, 0.25) is 0 Å². The number of aliphatic carboxylic acids is 1. The summed E-state index contributed by atoms with van der Waals surface area (Å²) in [5, 5.41) is 18.4. The van der Waals surface area contributed by atoms with Crippen LogP contribution in [0.1, 0.15) is 25.0 Å². The maximum Gasteiger partial charge on any atom is 0.309 e. The molecule has 88 valence electrons. The molecule has 1 aromatic rings. The summed E-state index contributed by atoms with van der Waals surface area (Å²) in [5.41, 5.74) is -0.396. The molecule has 0 fully saturated rings. The molecule has 1 rings (SSSR count). The van der Waals surface area contributed by atoms with E-state index in [9.17, 15) is 14.3 Å². The van der Waals surface area contributed by atoms with Gasteiger partial charge in [-0.2, -0.15) is 0 Å². The minimum Gasteiger partial charge on any atom is -0.508 e. The Morgan fingerprint density at radius 2 is 2.00 bits per heavy atom. The van der Waals surface area contributed by atoms with Gasteiger partial charge in [0.05, 0.1) is 5.41 Å². The number of carbonyl (C=O) groups is 1. The van der Waals surface area contributed by atoms with Gasteiger partial charge >= 0.3 is 5.97 Å². The lowest BCUT2D eigenvalue weighted by molar-refractivity contribution is -0.146. The van der Waals surface area contributed by atoms with Crippen LogP contribution in [-0.2, 0) is 11.2 Å². The van der Waals surface area contributed by atoms with Crippen molar-refractivity contribution in [3.63, 3.8) is 0 Å². The molecule has 0 aliphatic rings. The summed E-state index contributed by atoms with van der Waals surface area (Å²) in [7, 11) is 0. The van der Waals surface area contributed by atoms with E-state index in [1.54, 1.807) is 6.92 Å². The van der Waals surface area contributed by atoms with Gasteiger partial charge in [-0.25, -0.2) is 4.39 Å². The van der Waals surface area contributed by atoms with Crippen LogP contribution in [0.15, 0.2) is 12.1 Å². The average molecular weight is 226 g/mol. The predicted octanol–water partition coefficient (Wildman–Crippen LogP) is 2.49. The molecule has 0 spiro atoms. The first kappa shape index (κ1) is 12.5. The van der Waals surface area contributed by atoms with Crippen molar-refractivity contribution in [2.24, 2.45) is 5.41 Å². The van der Waals surface area contributed by atoms with Crippen molar-refractivity contribution >= 4 is 5.97 Å². The minimum absolute atomic E-state index is 0.0161. The number of carboxylic acids is 1. The van der Waals surface area contributed by atoms with Crippen LogP contribution >= 0.6 is 0 Å². The van der Waals surface area contributed by atoms with E-state index in [0.29, 0.717) is 5.56 Å². The molecule has 4 heteroatoms. The zero-order valence-corrected chi connectivity index (χ0v) is 9.54. The van der Waals surface area contributed by atoms with E-state index in [4.69, 9.17) is 5.11 Å². The second-order valence-electron chi connectivity index (χ2n) is 4.60. The third kappa shape index (κ3) is 2.51. The molecule has 0 aliphatic heterocycles. The molecule has 0 saturated heterocycles. The van der Waals surface area contributed by atoms with Crippen molar-refractivity contribution in [3.05, 3.63) is 29.1 Å². The molecule has 0 aromatic heterocycles. The van der Waals surface area contributed by atoms with E-state index in [1.165, 1.54) is 26.0 Å². The summed E-state index contributed by atoms with van der Waals surface area (Å²) in [6.45, 7) is 4.63. The van der Waals surface area contributed by atoms with Gasteiger partial charge in [-0.15, -0.1) is 0 Å². The number of rotatable bonds is 3. The van der Waals surface area contributed by atoms with Gasteiger partial charge in [0.25, 0.3) is 0 Å². The van der Waals surface area contributed by atoms with Crippen molar-refractivity contribution in [1.29, 1.82) is 0 Å². The number of hydrogen-bond donors (Lipinski definition) is 2. The number of benzene rings is 1. The summed E-state index contributed by atoms with van der Waals surface area (Å²) in [6, 6.07) is 2.50. The first-order valence-corrected chi connectivity index (χ1v) is 4.95. The van der Waals surface area contributed by atoms with Gasteiger partial charge in [0.1, 0.15) is 11.6 Å². The highest BCUT2D eigenvalue weighted by Gasteiger charge is 2.28. The lowest BCUT2D eigenvalue weighted by atomic mass is 9.85. The Morgan fingerprint density at radius 3 is 2.50 bits per heavy atom. The molecule has 0 bridgehead atoms. The van der Waals surface area contributed by atoms with Crippen LogP contribution in [-0.4, -0.2) is 16.2 Å². The molecule has 0 aliphatic carbocycles. The Hall–Kier alpha value is -1.58. The van der Waals surface area contributed by atoms with Crippen LogP contribution in [0.5, 0.6) is 5.75 Å². The molecule has 0 unspecified atom stereocenters. The third-order valence-corrected chi connectivity index (χ3v) is 2.58. The van der Waals surface area contributed by atoms with E-state index in [0.717, 1.165) is 0 Å². The number of aromatic hydroxyl groups is 1. The highest BCUT2D eigenvalue weighted by molar-refractivity contribution is 5.74. The average Bonchev–Trinajstić information content (AvgIpc) is 2.13. The summed E-state index contributed by atoms with van der Waals surface area (Å²) < 4.78 is 13.5. The van der Waals surface area contributed by atoms with E-state index in [1.807, 2.05) is 0 Å². The second-order valence-corrected chi connectivity index (χ2v) is 4.60. The molecule has 0 atom stereocenters. The Morgan fingerprint density at radius 1 is 1.44 bits per heavy atom. The van der Waals surface area contributed by atoms with Crippen LogP contribution in [0.25, 0.3) is 0 Å². The van der Waals surface area contributed by atoms with Crippen molar-refractivity contribution in [1.82, 2.24) is 0 Å². The van der Waals surface area contributed by atoms with Crippen LogP contribution in [0.2, 0.25) is 0 Å². The molecular weight excluding hydrogens is 211 g/mol. The van der Waals surface area contributed by atoms with Crippen LogP contribution in [0.3, 0.4) is 0 Å². The maximum absolute atomic E-state index is 13.5. The van der Waals surface area contributed by atoms with E-state index < -0.39 is 17.2 Å². The van der Waals surface area contributed by atoms with Crippen molar-refractivity contribution in [2.45, 2.75) is 27.2 Å². The molecule has 3 nitrogen and oxygen atoms in total. The summed E-state index contributed by atoms with van der Waals surface area (Å²) in [4.78, 5) is 10.9. The van der Waals surface area contributed by atoms with E-state index in [2.05, 4.69) is 0 Å². The van der Waals surface area contributed by atoms with Gasteiger partial charge in [0, 0.05) is 0 Å². The molecule has 0 radical (unpaired) electrons. The van der Waals surface area contributed by atoms with Crippen molar-refractivity contribution in [2.75, 3.05) is 0 Å². The molecule has 2 N–H and O–H groups in total. The number of phenols is 1. The monoisotopic (exact) mass is 226 g/mol. The molecule has 0 saturated carbocycles. The quantitative estimate of drug-likeness (QED) is 0.832. The smallest absolute Gasteiger partial charge is 0.309 e. The van der Waals surface area contributed by atoms with E-state index in [-0.39, 0.29) is 17.7 Å². The highest BCUT2D eigenvalue weighted by atomic mass is 19.1. The lowest BCUT2D eigenvalue weighted by Gasteiger charge is -2.19. The number of carboxylic acid groups (broad SMARTS) is 1. The molecular formula is C12H15FO3. The molecule has 0 heterocycles. The summed E-state index contributed by atoms with van der Waals surface area (Å²) in [5.74, 6) is -1.49. The first-order valence-electron chi connectivity index (χ1n) is 4.95. The molecule has 1 aromatic carbocycles. The van der Waals surface area contributed by atoms with Gasteiger partial charge in [-0.3, -0.25) is 4.79 Å². The Labute approximate surface area is 93.5 Å². The Balaban J connectivity index is 3.07. The molecule has 16 heavy (non-hydrogen) atoms. The zero-order valence-electron chi connectivity index (χ0n) is 9.54. The standard InChI is InChI=1S/C12H15FO3/c1-7-4-9(13)8(5-10(7)14)6-12(2,3)11(15)16/h4-5,14H,6H2,1-3H3,(H,15,16). The first-order chi connectivity index (χ1) is 7.24. The van der Waals surface area contributed by atoms with Gasteiger partial charge in [-0.1, -0.05) is 0 Å². The minimum atomic E-state index is -1.05. The lowest BCUT2D eigenvalue weighted by Crippen LogP contribution is -2.26. The SMILES string of the molecule is Cc1cc(F)c(CC(C)(C)C(=O)O)cc1O. The van der Waals surface area contributed by atoms with Gasteiger partial charge < -0.3 is 10.2 Å². The Bertz CT molecular complexity index is 425. The Kier molecular flexibility index (Phi) is 3.21. The van der Waals surface area contributed by atoms with Crippen LogP contribution in [0.4, 0.5) is 4.39 Å². The second kappa shape index (κ2) is 4.12. The van der Waals surface area contributed by atoms with E-state index >= 15 is 0 Å². The van der Waals surface area contributed by atoms with Crippen molar-refractivity contribution in [3.8, 4) is 5.75 Å². The number of phenolic OH excluding ortho intramolecular Hbond substituents is 1. The van der Waals surface area contributed by atoms with Gasteiger partial charge in [-0.05, 0) is 50.5 Å². The fraction of sp³-hybridized carbons (Fsp3) is 0.417. The van der Waals surface area contributed by atoms with Crippen molar-refractivity contribution < 1.29 is 19.4 Å². The van der Waals surface area contributed by atoms with Crippen LogP contribution in [0, 0.1) is 18.2 Å². The fourth-order valence-corrected chi connectivity index (χ4v) is 1.39. The summed E-state index contributed by atoms with van der Waals surface area (Å²) in [6.07, 6.45) is 0.0437. The topological polar surface area (TPSA) is 57.5 Å². The maximum atomic E-state index is 13.5. The highest BCUT2D eigenvalue weighted by Crippen LogP contribution is 2.27.